The Hall–Kier alpha value is -2.97. The minimum absolute atomic E-state index is 0.210. The molecule has 1 amide bonds. The van der Waals surface area contributed by atoms with Crippen LogP contribution in [-0.4, -0.2) is 50.3 Å². The Morgan fingerprint density at radius 2 is 2.07 bits per heavy atom. The summed E-state index contributed by atoms with van der Waals surface area (Å²) >= 11 is 5.89. The van der Waals surface area contributed by atoms with Crippen LogP contribution in [0.3, 0.4) is 0 Å². The highest BCUT2D eigenvalue weighted by Gasteiger charge is 2.32. The lowest BCUT2D eigenvalue weighted by atomic mass is 10.2. The van der Waals surface area contributed by atoms with Crippen molar-refractivity contribution in [3.05, 3.63) is 65.3 Å². The van der Waals surface area contributed by atoms with Crippen molar-refractivity contribution < 1.29 is 14.3 Å². The van der Waals surface area contributed by atoms with Crippen molar-refractivity contribution in [3.8, 4) is 11.6 Å². The number of amides is 1. The predicted octanol–water partition coefficient (Wildman–Crippen LogP) is 2.87. The van der Waals surface area contributed by atoms with E-state index in [9.17, 15) is 4.79 Å². The third-order valence-electron chi connectivity index (χ3n) is 4.41. The maximum atomic E-state index is 13.1. The molecule has 3 heterocycles. The Kier molecular flexibility index (Phi) is 5.23. The van der Waals surface area contributed by atoms with Crippen LogP contribution in [0.4, 0.5) is 0 Å². The minimum atomic E-state index is -0.323. The van der Waals surface area contributed by atoms with Crippen molar-refractivity contribution in [1.82, 2.24) is 24.6 Å². The van der Waals surface area contributed by atoms with E-state index in [1.165, 1.54) is 6.33 Å². The molecule has 9 heteroatoms. The number of ether oxygens (including phenoxy) is 2. The number of nitrogens with zero attached hydrogens (tertiary/aromatic N) is 5. The number of morpholine rings is 1. The van der Waals surface area contributed by atoms with E-state index in [0.29, 0.717) is 47.9 Å². The largest absolute Gasteiger partial charge is 0.439 e. The number of rotatable bonds is 4. The third kappa shape index (κ3) is 3.83. The number of hydrogen-bond donors (Lipinski definition) is 0. The lowest BCUT2D eigenvalue weighted by Gasteiger charge is -2.34. The van der Waals surface area contributed by atoms with Gasteiger partial charge in [0.25, 0.3) is 5.91 Å². The monoisotopic (exact) mass is 399 g/mol. The quantitative estimate of drug-likeness (QED) is 0.671. The molecule has 3 aromatic rings. The average Bonchev–Trinajstić information content (AvgIpc) is 3.15. The molecule has 1 saturated heterocycles. The predicted molar refractivity (Wildman–Crippen MR) is 101 cm³/mol. The molecule has 0 bridgehead atoms. The SMILES string of the molecule is Cn1ncnc1C1COCCN1C(=O)c1cccc(Oc2ccc(Cl)cc2)n1. The Morgan fingerprint density at radius 1 is 1.25 bits per heavy atom. The molecular weight excluding hydrogens is 382 g/mol. The topological polar surface area (TPSA) is 82.4 Å². The van der Waals surface area contributed by atoms with Gasteiger partial charge in [0.15, 0.2) is 5.82 Å². The second-order valence-electron chi connectivity index (χ2n) is 6.25. The van der Waals surface area contributed by atoms with Gasteiger partial charge in [0, 0.05) is 24.7 Å². The molecule has 2 aromatic heterocycles. The molecule has 8 nitrogen and oxygen atoms in total. The number of carbonyl (C=O) groups excluding carboxylic acids is 1. The van der Waals surface area contributed by atoms with E-state index >= 15 is 0 Å². The van der Waals surface area contributed by atoms with E-state index in [-0.39, 0.29) is 11.9 Å². The van der Waals surface area contributed by atoms with Crippen molar-refractivity contribution in [3.63, 3.8) is 0 Å². The molecule has 0 saturated carbocycles. The Balaban J connectivity index is 1.56. The van der Waals surface area contributed by atoms with Crippen molar-refractivity contribution in [1.29, 1.82) is 0 Å². The zero-order valence-electron chi connectivity index (χ0n) is 15.2. The summed E-state index contributed by atoms with van der Waals surface area (Å²) in [6, 6.07) is 11.7. The number of pyridine rings is 1. The molecule has 0 N–H and O–H groups in total. The fraction of sp³-hybridized carbons (Fsp3) is 0.263. The van der Waals surface area contributed by atoms with Gasteiger partial charge in [0.1, 0.15) is 23.8 Å². The summed E-state index contributed by atoms with van der Waals surface area (Å²) in [5.74, 6) is 1.38. The minimum Gasteiger partial charge on any atom is -0.439 e. The van der Waals surface area contributed by atoms with Gasteiger partial charge in [0.2, 0.25) is 5.88 Å². The van der Waals surface area contributed by atoms with Crippen LogP contribution in [0.5, 0.6) is 11.6 Å². The van der Waals surface area contributed by atoms with Gasteiger partial charge in [-0.15, -0.1) is 0 Å². The van der Waals surface area contributed by atoms with Crippen LogP contribution >= 0.6 is 11.6 Å². The summed E-state index contributed by atoms with van der Waals surface area (Å²) in [5.41, 5.74) is 0.292. The second-order valence-corrected chi connectivity index (χ2v) is 6.68. The maximum absolute atomic E-state index is 13.1. The van der Waals surface area contributed by atoms with Crippen LogP contribution in [-0.2, 0) is 11.8 Å². The molecule has 1 fully saturated rings. The Bertz CT molecular complexity index is 976. The van der Waals surface area contributed by atoms with Gasteiger partial charge < -0.3 is 14.4 Å². The van der Waals surface area contributed by atoms with Crippen molar-refractivity contribution in [2.75, 3.05) is 19.8 Å². The van der Waals surface area contributed by atoms with Crippen LogP contribution < -0.4 is 4.74 Å². The molecular formula is C19H18ClN5O3. The maximum Gasteiger partial charge on any atom is 0.273 e. The lowest BCUT2D eigenvalue weighted by molar-refractivity contribution is -0.00651. The van der Waals surface area contributed by atoms with Crippen LogP contribution in [0.15, 0.2) is 48.8 Å². The Morgan fingerprint density at radius 3 is 2.82 bits per heavy atom. The zero-order valence-corrected chi connectivity index (χ0v) is 15.9. The lowest BCUT2D eigenvalue weighted by Crippen LogP contribution is -2.44. The fourth-order valence-corrected chi connectivity index (χ4v) is 3.15. The Labute approximate surface area is 166 Å². The highest BCUT2D eigenvalue weighted by Crippen LogP contribution is 2.25. The van der Waals surface area contributed by atoms with E-state index in [2.05, 4.69) is 15.1 Å². The molecule has 1 unspecified atom stereocenters. The summed E-state index contributed by atoms with van der Waals surface area (Å²) in [5, 5.41) is 4.71. The number of hydrogen-bond acceptors (Lipinski definition) is 6. The van der Waals surface area contributed by atoms with Gasteiger partial charge in [-0.2, -0.15) is 5.10 Å². The standard InChI is InChI=1S/C19H18ClN5O3/c1-24-18(21-12-22-24)16-11-27-10-9-25(16)19(26)15-3-2-4-17(23-15)28-14-7-5-13(20)6-8-14/h2-8,12,16H,9-11H2,1H3. The first-order valence-electron chi connectivity index (χ1n) is 8.75. The van der Waals surface area contributed by atoms with Crippen LogP contribution in [0.2, 0.25) is 5.02 Å². The molecule has 0 radical (unpaired) electrons. The summed E-state index contributed by atoms with van der Waals surface area (Å²) in [4.78, 5) is 23.5. The van der Waals surface area contributed by atoms with Crippen molar-refractivity contribution in [2.45, 2.75) is 6.04 Å². The molecule has 144 valence electrons. The molecule has 1 aliphatic heterocycles. The molecule has 1 atom stereocenters. The van der Waals surface area contributed by atoms with E-state index in [1.807, 2.05) is 0 Å². The van der Waals surface area contributed by atoms with Gasteiger partial charge in [0.05, 0.1) is 13.2 Å². The van der Waals surface area contributed by atoms with Crippen molar-refractivity contribution in [2.24, 2.45) is 7.05 Å². The first-order chi connectivity index (χ1) is 13.6. The fourth-order valence-electron chi connectivity index (χ4n) is 3.03. The van der Waals surface area contributed by atoms with E-state index < -0.39 is 0 Å². The van der Waals surface area contributed by atoms with E-state index in [1.54, 1.807) is 59.1 Å². The molecule has 0 spiro atoms. The summed E-state index contributed by atoms with van der Waals surface area (Å²) < 4.78 is 12.9. The average molecular weight is 400 g/mol. The highest BCUT2D eigenvalue weighted by atomic mass is 35.5. The normalized spacial score (nSPS) is 16.8. The van der Waals surface area contributed by atoms with E-state index in [4.69, 9.17) is 21.1 Å². The van der Waals surface area contributed by atoms with Gasteiger partial charge >= 0.3 is 0 Å². The highest BCUT2D eigenvalue weighted by molar-refractivity contribution is 6.30. The number of halogens is 1. The van der Waals surface area contributed by atoms with Crippen molar-refractivity contribution >= 4 is 17.5 Å². The zero-order chi connectivity index (χ0) is 19.5. The summed E-state index contributed by atoms with van der Waals surface area (Å²) in [7, 11) is 1.79. The van der Waals surface area contributed by atoms with E-state index in [0.717, 1.165) is 0 Å². The van der Waals surface area contributed by atoms with Gasteiger partial charge in [-0.05, 0) is 30.3 Å². The molecule has 0 aliphatic carbocycles. The smallest absolute Gasteiger partial charge is 0.273 e. The molecule has 4 rings (SSSR count). The second kappa shape index (κ2) is 7.95. The first kappa shape index (κ1) is 18.4. The number of aryl methyl sites for hydroxylation is 1. The summed E-state index contributed by atoms with van der Waals surface area (Å²) in [6.07, 6.45) is 1.46. The van der Waals surface area contributed by atoms with Gasteiger partial charge in [-0.1, -0.05) is 17.7 Å². The molecule has 1 aliphatic rings. The first-order valence-corrected chi connectivity index (χ1v) is 9.13. The number of carbonyl (C=O) groups is 1. The third-order valence-corrected chi connectivity index (χ3v) is 4.66. The van der Waals surface area contributed by atoms with Crippen LogP contribution in [0.25, 0.3) is 0 Å². The van der Waals surface area contributed by atoms with Crippen LogP contribution in [0, 0.1) is 0 Å². The molecule has 1 aromatic carbocycles. The number of aromatic nitrogens is 4. The van der Waals surface area contributed by atoms with Gasteiger partial charge in [-0.3, -0.25) is 9.48 Å². The molecule has 28 heavy (non-hydrogen) atoms. The number of benzene rings is 1. The van der Waals surface area contributed by atoms with Crippen LogP contribution in [0.1, 0.15) is 22.4 Å². The van der Waals surface area contributed by atoms with Gasteiger partial charge in [-0.25, -0.2) is 9.97 Å². The summed E-state index contributed by atoms with van der Waals surface area (Å²) in [6.45, 7) is 1.26.